The van der Waals surface area contributed by atoms with Crippen LogP contribution in [0, 0.1) is 0 Å². The second-order valence-electron chi connectivity index (χ2n) is 5.96. The Bertz CT molecular complexity index is 418. The lowest BCUT2D eigenvalue weighted by atomic mass is 10.0. The fraction of sp³-hybridized carbons (Fsp3) is 0.917. The SMILES string of the molecule is CC1(C)OC[C@@H]2OC3(C(=O)O)OC(C)(C)O[C@H]3[C@@H]2O1. The van der Waals surface area contributed by atoms with Crippen LogP contribution < -0.4 is 0 Å². The quantitative estimate of drug-likeness (QED) is 0.744. The molecular weight excluding hydrogens is 256 g/mol. The van der Waals surface area contributed by atoms with E-state index in [1.54, 1.807) is 27.7 Å². The minimum absolute atomic E-state index is 0.246. The van der Waals surface area contributed by atoms with Crippen molar-refractivity contribution >= 4 is 5.97 Å². The highest BCUT2D eigenvalue weighted by molar-refractivity contribution is 5.77. The van der Waals surface area contributed by atoms with E-state index in [-0.39, 0.29) is 6.61 Å². The molecule has 3 saturated heterocycles. The van der Waals surface area contributed by atoms with E-state index in [2.05, 4.69) is 0 Å². The average Bonchev–Trinajstić information content (AvgIpc) is 2.67. The Balaban J connectivity index is 1.94. The predicted octanol–water partition coefficient (Wildman–Crippen LogP) is 0.469. The molecule has 0 aromatic rings. The number of aliphatic carboxylic acids is 1. The first kappa shape index (κ1) is 13.3. The van der Waals surface area contributed by atoms with Crippen LogP contribution in [0.2, 0.25) is 0 Å². The zero-order valence-electron chi connectivity index (χ0n) is 11.3. The van der Waals surface area contributed by atoms with Crippen LogP contribution in [0.5, 0.6) is 0 Å². The van der Waals surface area contributed by atoms with E-state index >= 15 is 0 Å². The first-order chi connectivity index (χ1) is 8.65. The summed E-state index contributed by atoms with van der Waals surface area (Å²) in [5.41, 5.74) is 0. The van der Waals surface area contributed by atoms with Crippen molar-refractivity contribution in [3.63, 3.8) is 0 Å². The van der Waals surface area contributed by atoms with Crippen LogP contribution in [0.25, 0.3) is 0 Å². The largest absolute Gasteiger partial charge is 0.477 e. The number of carbonyl (C=O) groups is 1. The highest BCUT2D eigenvalue weighted by Gasteiger charge is 2.71. The zero-order chi connectivity index (χ0) is 14.1. The molecular formula is C12H18O7. The molecule has 108 valence electrons. The van der Waals surface area contributed by atoms with Gasteiger partial charge in [-0.15, -0.1) is 0 Å². The number of ether oxygens (including phenoxy) is 5. The molecule has 3 aliphatic rings. The normalized spacial score (nSPS) is 46.6. The maximum atomic E-state index is 11.6. The number of carboxylic acids is 1. The molecule has 0 radical (unpaired) electrons. The summed E-state index contributed by atoms with van der Waals surface area (Å²) in [5, 5.41) is 9.46. The van der Waals surface area contributed by atoms with E-state index < -0.39 is 41.6 Å². The van der Waals surface area contributed by atoms with Crippen LogP contribution in [0.3, 0.4) is 0 Å². The molecule has 1 N–H and O–H groups in total. The zero-order valence-corrected chi connectivity index (χ0v) is 11.3. The summed E-state index contributed by atoms with van der Waals surface area (Å²) in [6.45, 7) is 7.09. The first-order valence-corrected chi connectivity index (χ1v) is 6.26. The molecule has 3 heterocycles. The standard InChI is InChI=1S/C12H18O7/c1-10(2)15-5-6-7(17-10)8-12(16-6,9(13)14)19-11(3,4)18-8/h6-8H,5H2,1-4H3,(H,13,14)/t6-,7+,8-,12?/m0/s1. The van der Waals surface area contributed by atoms with Gasteiger partial charge in [-0.3, -0.25) is 0 Å². The Morgan fingerprint density at radius 1 is 1.11 bits per heavy atom. The monoisotopic (exact) mass is 274 g/mol. The Hall–Kier alpha value is -0.730. The van der Waals surface area contributed by atoms with E-state index in [9.17, 15) is 9.90 Å². The third kappa shape index (κ3) is 1.88. The molecule has 19 heavy (non-hydrogen) atoms. The molecule has 0 amide bonds. The van der Waals surface area contributed by atoms with Crippen LogP contribution in [-0.4, -0.2) is 53.4 Å². The minimum atomic E-state index is -1.82. The molecule has 3 aliphatic heterocycles. The number of hydrogen-bond acceptors (Lipinski definition) is 6. The minimum Gasteiger partial charge on any atom is -0.477 e. The van der Waals surface area contributed by atoms with Crippen molar-refractivity contribution in [2.75, 3.05) is 6.61 Å². The molecule has 0 spiro atoms. The van der Waals surface area contributed by atoms with Crippen LogP contribution in [-0.2, 0) is 28.5 Å². The highest BCUT2D eigenvalue weighted by Crippen LogP contribution is 2.48. The van der Waals surface area contributed by atoms with Gasteiger partial charge in [0.2, 0.25) is 0 Å². The summed E-state index contributed by atoms with van der Waals surface area (Å²) in [7, 11) is 0. The Morgan fingerprint density at radius 3 is 2.42 bits per heavy atom. The summed E-state index contributed by atoms with van der Waals surface area (Å²) in [5.74, 6) is -4.85. The summed E-state index contributed by atoms with van der Waals surface area (Å²) in [4.78, 5) is 11.6. The molecule has 7 nitrogen and oxygen atoms in total. The van der Waals surface area contributed by atoms with Gasteiger partial charge < -0.3 is 28.8 Å². The molecule has 4 atom stereocenters. The van der Waals surface area contributed by atoms with Gasteiger partial charge in [-0.25, -0.2) is 4.79 Å². The Kier molecular flexibility index (Phi) is 2.57. The molecule has 0 aromatic heterocycles. The van der Waals surface area contributed by atoms with Crippen LogP contribution >= 0.6 is 0 Å². The van der Waals surface area contributed by atoms with Gasteiger partial charge in [0.25, 0.3) is 0 Å². The van der Waals surface area contributed by atoms with Crippen molar-refractivity contribution in [2.45, 2.75) is 63.4 Å². The molecule has 3 fully saturated rings. The van der Waals surface area contributed by atoms with Gasteiger partial charge in [0.1, 0.15) is 12.2 Å². The second-order valence-corrected chi connectivity index (χ2v) is 5.96. The van der Waals surface area contributed by atoms with Crippen molar-refractivity contribution in [1.29, 1.82) is 0 Å². The summed E-state index contributed by atoms with van der Waals surface area (Å²) in [6.07, 6.45) is -1.85. The number of carboxylic acid groups (broad SMARTS) is 1. The summed E-state index contributed by atoms with van der Waals surface area (Å²) >= 11 is 0. The third-order valence-electron chi connectivity index (χ3n) is 3.49. The lowest BCUT2D eigenvalue weighted by Gasteiger charge is -2.38. The molecule has 0 saturated carbocycles. The van der Waals surface area contributed by atoms with Gasteiger partial charge in [-0.1, -0.05) is 0 Å². The van der Waals surface area contributed by atoms with E-state index in [0.29, 0.717) is 0 Å². The van der Waals surface area contributed by atoms with Gasteiger partial charge in [-0.2, -0.15) is 0 Å². The van der Waals surface area contributed by atoms with E-state index in [4.69, 9.17) is 23.7 Å². The van der Waals surface area contributed by atoms with Gasteiger partial charge >= 0.3 is 11.8 Å². The van der Waals surface area contributed by atoms with E-state index in [0.717, 1.165) is 0 Å². The smallest absolute Gasteiger partial charge is 0.367 e. The molecule has 1 unspecified atom stereocenters. The lowest BCUT2D eigenvalue weighted by Crippen LogP contribution is -2.52. The van der Waals surface area contributed by atoms with E-state index in [1.165, 1.54) is 0 Å². The number of rotatable bonds is 1. The van der Waals surface area contributed by atoms with Gasteiger partial charge in [-0.05, 0) is 27.7 Å². The van der Waals surface area contributed by atoms with Crippen molar-refractivity contribution in [2.24, 2.45) is 0 Å². The summed E-state index contributed by atoms with van der Waals surface area (Å²) < 4.78 is 28.0. The van der Waals surface area contributed by atoms with Crippen molar-refractivity contribution in [1.82, 2.24) is 0 Å². The van der Waals surface area contributed by atoms with Crippen LogP contribution in [0.4, 0.5) is 0 Å². The van der Waals surface area contributed by atoms with Crippen LogP contribution in [0.15, 0.2) is 0 Å². The maximum Gasteiger partial charge on any atom is 0.367 e. The number of fused-ring (bicyclic) bond motifs is 3. The van der Waals surface area contributed by atoms with Crippen molar-refractivity contribution in [3.8, 4) is 0 Å². The molecule has 0 aliphatic carbocycles. The maximum absolute atomic E-state index is 11.6. The first-order valence-electron chi connectivity index (χ1n) is 6.26. The highest BCUT2D eigenvalue weighted by atomic mass is 16.9. The van der Waals surface area contributed by atoms with Gasteiger partial charge in [0, 0.05) is 0 Å². The second kappa shape index (κ2) is 3.67. The molecule has 0 bridgehead atoms. The van der Waals surface area contributed by atoms with Crippen molar-refractivity contribution < 1.29 is 33.6 Å². The van der Waals surface area contributed by atoms with Crippen LogP contribution in [0.1, 0.15) is 27.7 Å². The van der Waals surface area contributed by atoms with E-state index in [1.807, 2.05) is 0 Å². The Morgan fingerprint density at radius 2 is 1.79 bits per heavy atom. The molecule has 3 rings (SSSR count). The fourth-order valence-corrected chi connectivity index (χ4v) is 2.82. The van der Waals surface area contributed by atoms with Crippen molar-refractivity contribution in [3.05, 3.63) is 0 Å². The van der Waals surface area contributed by atoms with Gasteiger partial charge in [0.15, 0.2) is 17.7 Å². The third-order valence-corrected chi connectivity index (χ3v) is 3.49. The average molecular weight is 274 g/mol. The summed E-state index contributed by atoms with van der Waals surface area (Å²) in [6, 6.07) is 0. The lowest BCUT2D eigenvalue weighted by molar-refractivity contribution is -0.325. The van der Waals surface area contributed by atoms with Gasteiger partial charge in [0.05, 0.1) is 6.61 Å². The number of hydrogen-bond donors (Lipinski definition) is 1. The Labute approximate surface area is 110 Å². The predicted molar refractivity (Wildman–Crippen MR) is 60.2 cm³/mol. The molecule has 0 aromatic carbocycles. The molecule has 7 heteroatoms. The fourth-order valence-electron chi connectivity index (χ4n) is 2.82. The topological polar surface area (TPSA) is 83.5 Å².